The molecule has 0 bridgehead atoms. The second kappa shape index (κ2) is 8.91. The summed E-state index contributed by atoms with van der Waals surface area (Å²) in [6.07, 6.45) is -1.52. The molecule has 1 aliphatic carbocycles. The number of anilines is 1. The van der Waals surface area contributed by atoms with Gasteiger partial charge in [-0.15, -0.1) is 10.2 Å². The molecule has 0 aliphatic heterocycles. The van der Waals surface area contributed by atoms with Crippen LogP contribution < -0.4 is 10.1 Å². The smallest absolute Gasteiger partial charge is 0.435 e. The van der Waals surface area contributed by atoms with Crippen molar-refractivity contribution < 1.29 is 26.9 Å². The van der Waals surface area contributed by atoms with Gasteiger partial charge in [0.15, 0.2) is 11.4 Å². The quantitative estimate of drug-likeness (QED) is 0.459. The van der Waals surface area contributed by atoms with Gasteiger partial charge in [0.1, 0.15) is 5.56 Å². The Bertz CT molecular complexity index is 1420. The molecular formula is C23H22F3N5O3S. The highest BCUT2D eigenvalue weighted by Gasteiger charge is 2.38. The van der Waals surface area contributed by atoms with Gasteiger partial charge in [-0.1, -0.05) is 6.07 Å². The second-order valence-electron chi connectivity index (χ2n) is 8.37. The summed E-state index contributed by atoms with van der Waals surface area (Å²) in [4.78, 5) is 17.8. The highest BCUT2D eigenvalue weighted by atomic mass is 32.2. The van der Waals surface area contributed by atoms with Crippen LogP contribution in [0.15, 0.2) is 41.3 Å². The van der Waals surface area contributed by atoms with E-state index in [1.54, 1.807) is 19.1 Å². The van der Waals surface area contributed by atoms with Crippen molar-refractivity contribution in [1.29, 1.82) is 4.78 Å². The predicted molar refractivity (Wildman–Crippen MR) is 122 cm³/mol. The summed E-state index contributed by atoms with van der Waals surface area (Å²) in [6.45, 7) is 2.81. The van der Waals surface area contributed by atoms with Crippen molar-refractivity contribution in [3.8, 4) is 11.6 Å². The second-order valence-corrected chi connectivity index (χ2v) is 10.5. The summed E-state index contributed by atoms with van der Waals surface area (Å²) in [5.74, 6) is -0.704. The number of aromatic nitrogens is 3. The van der Waals surface area contributed by atoms with Crippen LogP contribution in [0.25, 0.3) is 0 Å². The number of amides is 1. The fraction of sp³-hybridized carbons (Fsp3) is 0.304. The van der Waals surface area contributed by atoms with E-state index in [-0.39, 0.29) is 16.3 Å². The van der Waals surface area contributed by atoms with E-state index < -0.39 is 44.5 Å². The summed E-state index contributed by atoms with van der Waals surface area (Å²) >= 11 is 0. The maximum Gasteiger partial charge on any atom is 0.435 e. The van der Waals surface area contributed by atoms with Crippen molar-refractivity contribution >= 4 is 21.3 Å². The molecule has 12 heteroatoms. The van der Waals surface area contributed by atoms with Crippen LogP contribution in [0.4, 0.5) is 18.9 Å². The van der Waals surface area contributed by atoms with Crippen LogP contribution in [0.2, 0.25) is 0 Å². The molecule has 2 N–H and O–H groups in total. The van der Waals surface area contributed by atoms with Gasteiger partial charge in [-0.2, -0.15) is 13.2 Å². The molecule has 2 aromatic heterocycles. The standard InChI is InChI=1S/C23H22F3N5O3S/c1-12-19(21(32)29-15-5-4-6-16(11-15)35(3,27)33)22(31-30-20(12)23(24,25)26)34-18-10-9-17(14-7-8-14)28-13(18)2/h4-6,9-11,14,27H,7-8H2,1-3H3,(H,29,32). The number of rotatable bonds is 6. The summed E-state index contributed by atoms with van der Waals surface area (Å²) in [7, 11) is -3.07. The Labute approximate surface area is 199 Å². The zero-order valence-electron chi connectivity index (χ0n) is 19.1. The summed E-state index contributed by atoms with van der Waals surface area (Å²) in [5.41, 5.74) is -0.671. The SMILES string of the molecule is Cc1nc(C2CC2)ccc1Oc1nnc(C(F)(F)F)c(C)c1C(=O)Nc1cccc(S(C)(=N)=O)c1. The molecule has 1 unspecified atom stereocenters. The Morgan fingerprint density at radius 2 is 1.89 bits per heavy atom. The van der Waals surface area contributed by atoms with Gasteiger partial charge in [0.2, 0.25) is 0 Å². The zero-order chi connectivity index (χ0) is 25.5. The first-order valence-electron chi connectivity index (χ1n) is 10.6. The molecule has 2 heterocycles. The lowest BCUT2D eigenvalue weighted by molar-refractivity contribution is -0.142. The highest BCUT2D eigenvalue weighted by molar-refractivity contribution is 7.91. The van der Waals surface area contributed by atoms with Crippen LogP contribution in [0, 0.1) is 18.6 Å². The van der Waals surface area contributed by atoms with Crippen LogP contribution in [0.1, 0.15) is 51.8 Å². The average molecular weight is 506 g/mol. The molecule has 184 valence electrons. The van der Waals surface area contributed by atoms with Gasteiger partial charge in [0, 0.05) is 28.5 Å². The lowest BCUT2D eigenvalue weighted by Gasteiger charge is -2.17. The van der Waals surface area contributed by atoms with E-state index in [1.807, 2.05) is 0 Å². The molecule has 8 nitrogen and oxygen atoms in total. The number of alkyl halides is 3. The predicted octanol–water partition coefficient (Wildman–Crippen LogP) is 5.46. The number of ether oxygens (including phenoxy) is 1. The van der Waals surface area contributed by atoms with Gasteiger partial charge in [-0.25, -0.2) is 8.99 Å². The molecule has 1 amide bonds. The maximum atomic E-state index is 13.5. The van der Waals surface area contributed by atoms with E-state index in [4.69, 9.17) is 9.52 Å². The topological polar surface area (TPSA) is 118 Å². The number of aryl methyl sites for hydroxylation is 1. The Morgan fingerprint density at radius 3 is 2.49 bits per heavy atom. The van der Waals surface area contributed by atoms with Gasteiger partial charge < -0.3 is 10.1 Å². The molecule has 0 radical (unpaired) electrons. The van der Waals surface area contributed by atoms with Gasteiger partial charge in [0.05, 0.1) is 15.4 Å². The minimum Gasteiger partial charge on any atom is -0.435 e. The van der Waals surface area contributed by atoms with Crippen LogP contribution >= 0.6 is 0 Å². The molecule has 1 aliphatic rings. The third-order valence-corrected chi connectivity index (χ3v) is 6.64. The van der Waals surface area contributed by atoms with Gasteiger partial charge in [-0.3, -0.25) is 9.78 Å². The number of benzene rings is 1. The fourth-order valence-corrected chi connectivity index (χ4v) is 4.19. The monoisotopic (exact) mass is 505 g/mol. The Hall–Kier alpha value is -3.54. The summed E-state index contributed by atoms with van der Waals surface area (Å²) in [6, 6.07) is 9.15. The van der Waals surface area contributed by atoms with Crippen LogP contribution in [-0.2, 0) is 15.9 Å². The van der Waals surface area contributed by atoms with Gasteiger partial charge >= 0.3 is 6.18 Å². The summed E-state index contributed by atoms with van der Waals surface area (Å²) < 4.78 is 66.0. The van der Waals surface area contributed by atoms with Crippen molar-refractivity contribution in [2.45, 2.75) is 43.7 Å². The number of carbonyl (C=O) groups is 1. The number of hydrogen-bond donors (Lipinski definition) is 2. The summed E-state index contributed by atoms with van der Waals surface area (Å²) in [5, 5.41) is 9.32. The van der Waals surface area contributed by atoms with E-state index in [2.05, 4.69) is 20.5 Å². The lowest BCUT2D eigenvalue weighted by atomic mass is 10.1. The molecule has 35 heavy (non-hydrogen) atoms. The van der Waals surface area contributed by atoms with E-state index in [1.165, 1.54) is 30.5 Å². The maximum absolute atomic E-state index is 13.5. The molecule has 4 rings (SSSR count). The number of nitrogens with one attached hydrogen (secondary N) is 2. The first kappa shape index (κ1) is 24.6. The Kier molecular flexibility index (Phi) is 6.26. The first-order chi connectivity index (χ1) is 16.3. The molecule has 3 aromatic rings. The van der Waals surface area contributed by atoms with Crippen molar-refractivity contribution in [3.05, 3.63) is 64.6 Å². The molecule has 0 saturated heterocycles. The van der Waals surface area contributed by atoms with E-state index in [9.17, 15) is 22.2 Å². The molecule has 1 atom stereocenters. The van der Waals surface area contributed by atoms with E-state index in [0.29, 0.717) is 11.6 Å². The minimum atomic E-state index is -4.84. The van der Waals surface area contributed by atoms with Crippen LogP contribution in [0.5, 0.6) is 11.6 Å². The van der Waals surface area contributed by atoms with Crippen LogP contribution in [-0.4, -0.2) is 31.6 Å². The molecule has 1 aromatic carbocycles. The van der Waals surface area contributed by atoms with E-state index >= 15 is 0 Å². The van der Waals surface area contributed by atoms with Crippen molar-refractivity contribution in [2.75, 3.05) is 11.6 Å². The fourth-order valence-electron chi connectivity index (χ4n) is 3.50. The Morgan fingerprint density at radius 1 is 1.17 bits per heavy atom. The normalized spacial score (nSPS) is 15.4. The molecule has 1 saturated carbocycles. The minimum absolute atomic E-state index is 0.150. The lowest BCUT2D eigenvalue weighted by Crippen LogP contribution is -2.21. The number of pyridine rings is 1. The molecular weight excluding hydrogens is 483 g/mol. The third kappa shape index (κ3) is 5.42. The molecule has 1 fully saturated rings. The average Bonchev–Trinajstić information content (AvgIpc) is 3.59. The van der Waals surface area contributed by atoms with Crippen molar-refractivity contribution in [3.63, 3.8) is 0 Å². The molecule has 0 spiro atoms. The van der Waals surface area contributed by atoms with E-state index in [0.717, 1.165) is 25.5 Å². The number of halogens is 3. The van der Waals surface area contributed by atoms with Gasteiger partial charge in [0.25, 0.3) is 11.8 Å². The number of nitrogens with zero attached hydrogens (tertiary/aromatic N) is 3. The number of hydrogen-bond acceptors (Lipinski definition) is 7. The van der Waals surface area contributed by atoms with Crippen molar-refractivity contribution in [1.82, 2.24) is 15.2 Å². The number of carbonyl (C=O) groups excluding carboxylic acids is 1. The largest absolute Gasteiger partial charge is 0.435 e. The Balaban J connectivity index is 1.73. The first-order valence-corrected chi connectivity index (χ1v) is 12.6. The third-order valence-electron chi connectivity index (χ3n) is 5.48. The highest BCUT2D eigenvalue weighted by Crippen LogP contribution is 2.40. The zero-order valence-corrected chi connectivity index (χ0v) is 19.9. The van der Waals surface area contributed by atoms with Crippen LogP contribution in [0.3, 0.4) is 0 Å². The van der Waals surface area contributed by atoms with Gasteiger partial charge in [-0.05, 0) is 62.6 Å². The van der Waals surface area contributed by atoms with Crippen molar-refractivity contribution in [2.24, 2.45) is 0 Å².